The van der Waals surface area contributed by atoms with Crippen LogP contribution in [0.1, 0.15) is 44.3 Å². The van der Waals surface area contributed by atoms with Crippen molar-refractivity contribution in [3.8, 4) is 0 Å². The highest BCUT2D eigenvalue weighted by Gasteiger charge is 2.26. The van der Waals surface area contributed by atoms with Gasteiger partial charge in [0.05, 0.1) is 5.60 Å². The van der Waals surface area contributed by atoms with E-state index in [1.165, 1.54) is 11.3 Å². The van der Waals surface area contributed by atoms with Crippen molar-refractivity contribution in [2.45, 2.75) is 40.2 Å². The molecule has 0 atom stereocenters. The van der Waals surface area contributed by atoms with Crippen LogP contribution < -0.4 is 10.6 Å². The maximum atomic E-state index is 12.6. The van der Waals surface area contributed by atoms with Crippen LogP contribution in [0.3, 0.4) is 0 Å². The lowest BCUT2D eigenvalue weighted by atomic mass is 10.1. The lowest BCUT2D eigenvalue weighted by Crippen LogP contribution is -2.42. The van der Waals surface area contributed by atoms with E-state index in [2.05, 4.69) is 9.88 Å². The van der Waals surface area contributed by atoms with Crippen LogP contribution in [0.25, 0.3) is 0 Å². The summed E-state index contributed by atoms with van der Waals surface area (Å²) in [5.41, 5.74) is 4.97. The lowest BCUT2D eigenvalue weighted by Gasteiger charge is -2.27. The fourth-order valence-corrected chi connectivity index (χ4v) is 3.12. The molecule has 0 aliphatic carbocycles. The van der Waals surface area contributed by atoms with E-state index < -0.39 is 5.60 Å². The Kier molecular flexibility index (Phi) is 5.98. The average molecular weight is 314 g/mol. The van der Waals surface area contributed by atoms with Crippen LogP contribution in [-0.2, 0) is 0 Å². The van der Waals surface area contributed by atoms with Gasteiger partial charge >= 0.3 is 0 Å². The number of nitrogens with two attached hydrogens (primary N) is 1. The van der Waals surface area contributed by atoms with Gasteiger partial charge in [-0.3, -0.25) is 4.79 Å². The second kappa shape index (κ2) is 7.09. The number of anilines is 2. The van der Waals surface area contributed by atoms with Crippen LogP contribution in [0.4, 0.5) is 10.9 Å². The van der Waals surface area contributed by atoms with Crippen LogP contribution in [0.5, 0.6) is 0 Å². The molecule has 0 saturated heterocycles. The van der Waals surface area contributed by atoms with E-state index in [4.69, 9.17) is 5.73 Å². The molecule has 0 aliphatic rings. The zero-order valence-electron chi connectivity index (χ0n) is 13.5. The van der Waals surface area contributed by atoms with Crippen LogP contribution in [0, 0.1) is 0 Å². The highest BCUT2D eigenvalue weighted by molar-refractivity contribution is 7.18. The number of likely N-dealkylation sites (N-methyl/N-ethyl adjacent to an activating group) is 1. The van der Waals surface area contributed by atoms with E-state index in [-0.39, 0.29) is 18.3 Å². The van der Waals surface area contributed by atoms with Gasteiger partial charge in [-0.25, -0.2) is 4.98 Å². The Labute approximate surface area is 130 Å². The minimum absolute atomic E-state index is 0.173. The number of nitrogen functional groups attached to an aromatic ring is 1. The van der Waals surface area contributed by atoms with Gasteiger partial charge in [0.1, 0.15) is 10.7 Å². The first-order chi connectivity index (χ1) is 9.73. The molecule has 120 valence electrons. The van der Waals surface area contributed by atoms with E-state index in [0.29, 0.717) is 11.4 Å². The maximum absolute atomic E-state index is 12.6. The molecule has 0 bridgehead atoms. The summed E-state index contributed by atoms with van der Waals surface area (Å²) < 4.78 is 0. The van der Waals surface area contributed by atoms with Crippen LogP contribution in [-0.4, -0.2) is 52.7 Å². The molecule has 0 aliphatic heterocycles. The first kappa shape index (κ1) is 17.7. The Morgan fingerprint density at radius 2 is 1.86 bits per heavy atom. The quantitative estimate of drug-likeness (QED) is 0.802. The third kappa shape index (κ3) is 4.57. The van der Waals surface area contributed by atoms with Crippen molar-refractivity contribution in [2.75, 3.05) is 36.8 Å². The second-order valence-corrected chi connectivity index (χ2v) is 6.49. The predicted octanol–water partition coefficient (Wildman–Crippen LogP) is 1.80. The number of thiazole rings is 1. The Morgan fingerprint density at radius 3 is 2.29 bits per heavy atom. The fourth-order valence-electron chi connectivity index (χ4n) is 2.04. The Balaban J connectivity index is 3.01. The van der Waals surface area contributed by atoms with E-state index in [0.717, 1.165) is 18.2 Å². The molecule has 0 spiro atoms. The Morgan fingerprint density at radius 1 is 1.29 bits per heavy atom. The number of nitrogens with zero attached hydrogens (tertiary/aromatic N) is 3. The fraction of sp³-hybridized carbons (Fsp3) is 0.714. The number of hydrogen-bond acceptors (Lipinski definition) is 6. The molecule has 1 aromatic rings. The summed E-state index contributed by atoms with van der Waals surface area (Å²) in [5, 5.41) is 10.7. The van der Waals surface area contributed by atoms with Crippen LogP contribution in [0.2, 0.25) is 0 Å². The number of amides is 1. The van der Waals surface area contributed by atoms with Crippen molar-refractivity contribution in [3.05, 3.63) is 4.88 Å². The molecule has 0 saturated carbocycles. The summed E-state index contributed by atoms with van der Waals surface area (Å²) in [5.74, 6) is 0.0918. The van der Waals surface area contributed by atoms with Gasteiger partial charge in [0.2, 0.25) is 0 Å². The number of carbonyl (C=O) groups excluding carboxylic acids is 1. The van der Waals surface area contributed by atoms with E-state index in [9.17, 15) is 9.90 Å². The minimum Gasteiger partial charge on any atom is -0.389 e. The van der Waals surface area contributed by atoms with Gasteiger partial charge in [0.15, 0.2) is 5.13 Å². The molecule has 6 nitrogen and oxygen atoms in total. The minimum atomic E-state index is -0.938. The summed E-state index contributed by atoms with van der Waals surface area (Å²) in [6.45, 7) is 11.7. The summed E-state index contributed by atoms with van der Waals surface area (Å²) in [4.78, 5) is 21.0. The van der Waals surface area contributed by atoms with Crippen molar-refractivity contribution in [1.82, 2.24) is 9.88 Å². The third-order valence-electron chi connectivity index (χ3n) is 3.12. The van der Waals surface area contributed by atoms with Gasteiger partial charge in [-0.05, 0) is 34.6 Å². The number of hydrogen-bond donors (Lipinski definition) is 2. The van der Waals surface area contributed by atoms with E-state index >= 15 is 0 Å². The summed E-state index contributed by atoms with van der Waals surface area (Å²) in [6.07, 6.45) is 0. The SMILES string of the molecule is CCN(CC(C)(C)O)C(=O)c1sc(N(CC)CC)nc1N. The number of carbonyl (C=O) groups is 1. The molecule has 1 aromatic heterocycles. The molecule has 3 N–H and O–H groups in total. The molecule has 1 amide bonds. The number of rotatable bonds is 7. The van der Waals surface area contributed by atoms with Crippen LogP contribution in [0.15, 0.2) is 0 Å². The van der Waals surface area contributed by atoms with Crippen molar-refractivity contribution in [2.24, 2.45) is 0 Å². The molecule has 0 aromatic carbocycles. The molecule has 1 heterocycles. The predicted molar refractivity (Wildman–Crippen MR) is 88.0 cm³/mol. The molecule has 1 rings (SSSR count). The highest BCUT2D eigenvalue weighted by Crippen LogP contribution is 2.29. The van der Waals surface area contributed by atoms with Gasteiger partial charge in [-0.15, -0.1) is 0 Å². The van der Waals surface area contributed by atoms with Gasteiger partial charge in [-0.1, -0.05) is 11.3 Å². The first-order valence-corrected chi connectivity index (χ1v) is 8.08. The second-order valence-electron chi connectivity index (χ2n) is 5.51. The zero-order chi connectivity index (χ0) is 16.2. The monoisotopic (exact) mass is 314 g/mol. The smallest absolute Gasteiger partial charge is 0.267 e. The molecular formula is C14H26N4O2S. The summed E-state index contributed by atoms with van der Waals surface area (Å²) in [6, 6.07) is 0. The summed E-state index contributed by atoms with van der Waals surface area (Å²) >= 11 is 1.31. The maximum Gasteiger partial charge on any atom is 0.267 e. The molecule has 0 unspecified atom stereocenters. The number of aliphatic hydroxyl groups is 1. The van der Waals surface area contributed by atoms with E-state index in [1.54, 1.807) is 18.7 Å². The van der Waals surface area contributed by atoms with Gasteiger partial charge in [0, 0.05) is 26.2 Å². The third-order valence-corrected chi connectivity index (χ3v) is 4.24. The molecule has 7 heteroatoms. The average Bonchev–Trinajstić information content (AvgIpc) is 2.77. The largest absolute Gasteiger partial charge is 0.389 e. The normalized spacial score (nSPS) is 11.5. The molecule has 21 heavy (non-hydrogen) atoms. The van der Waals surface area contributed by atoms with Crippen molar-refractivity contribution in [1.29, 1.82) is 0 Å². The van der Waals surface area contributed by atoms with Crippen molar-refractivity contribution >= 4 is 28.2 Å². The number of aromatic nitrogens is 1. The highest BCUT2D eigenvalue weighted by atomic mass is 32.1. The topological polar surface area (TPSA) is 82.7 Å². The lowest BCUT2D eigenvalue weighted by molar-refractivity contribution is 0.0317. The Hall–Kier alpha value is -1.34. The molecule has 0 fully saturated rings. The van der Waals surface area contributed by atoms with Gasteiger partial charge < -0.3 is 20.6 Å². The first-order valence-electron chi connectivity index (χ1n) is 7.26. The van der Waals surface area contributed by atoms with Crippen molar-refractivity contribution in [3.63, 3.8) is 0 Å². The molecule has 0 radical (unpaired) electrons. The standard InChI is InChI=1S/C14H26N4O2S/c1-6-17(7-2)13-16-11(15)10(21-13)12(19)18(8-3)9-14(4,5)20/h20H,6-9,15H2,1-5H3. The van der Waals surface area contributed by atoms with Crippen molar-refractivity contribution < 1.29 is 9.90 Å². The molecular weight excluding hydrogens is 288 g/mol. The Bertz CT molecular complexity index is 478. The van der Waals surface area contributed by atoms with Crippen LogP contribution >= 0.6 is 11.3 Å². The van der Waals surface area contributed by atoms with Gasteiger partial charge in [0.25, 0.3) is 5.91 Å². The summed E-state index contributed by atoms with van der Waals surface area (Å²) in [7, 11) is 0. The zero-order valence-corrected chi connectivity index (χ0v) is 14.3. The van der Waals surface area contributed by atoms with E-state index in [1.807, 2.05) is 20.8 Å². The van der Waals surface area contributed by atoms with Gasteiger partial charge in [-0.2, -0.15) is 0 Å².